The lowest BCUT2D eigenvalue weighted by atomic mass is 10.2. The minimum absolute atomic E-state index is 0.0367. The number of carbonyl (C=O) groups is 1. The van der Waals surface area contributed by atoms with Crippen molar-refractivity contribution in [3.05, 3.63) is 0 Å². The summed E-state index contributed by atoms with van der Waals surface area (Å²) in [6, 6.07) is -0.0367. The molecule has 1 rings (SSSR count). The number of rotatable bonds is 5. The fraction of sp³-hybridized carbons (Fsp3) is 0.900. The Morgan fingerprint density at radius 3 is 2.93 bits per heavy atom. The summed E-state index contributed by atoms with van der Waals surface area (Å²) in [5.41, 5.74) is 0. The average Bonchev–Trinajstić information content (AvgIpc) is 2.25. The fourth-order valence-electron chi connectivity index (χ4n) is 1.55. The molecule has 14 heavy (non-hydrogen) atoms. The molecule has 1 aliphatic heterocycles. The maximum absolute atomic E-state index is 11.5. The number of unbranched alkanes of at least 4 members (excludes halogenated alkanes) is 2. The average molecular weight is 199 g/mol. The van der Waals surface area contributed by atoms with E-state index in [2.05, 4.69) is 22.9 Å². The Balaban J connectivity index is 2.07. The van der Waals surface area contributed by atoms with Gasteiger partial charge in [0.1, 0.15) is 0 Å². The van der Waals surface area contributed by atoms with Crippen LogP contribution in [0.15, 0.2) is 0 Å². The fourth-order valence-corrected chi connectivity index (χ4v) is 1.55. The van der Waals surface area contributed by atoms with Crippen LogP contribution >= 0.6 is 0 Å². The summed E-state index contributed by atoms with van der Waals surface area (Å²) in [5, 5.41) is 9.32. The van der Waals surface area contributed by atoms with Crippen molar-refractivity contribution in [2.24, 2.45) is 0 Å². The predicted octanol–water partition coefficient (Wildman–Crippen LogP) is -0.146. The maximum atomic E-state index is 11.5. The van der Waals surface area contributed by atoms with Crippen LogP contribution in [0.2, 0.25) is 0 Å². The van der Waals surface area contributed by atoms with Crippen LogP contribution in [-0.2, 0) is 4.79 Å². The van der Waals surface area contributed by atoms with E-state index in [1.54, 1.807) is 0 Å². The molecule has 1 saturated heterocycles. The zero-order valence-corrected chi connectivity index (χ0v) is 8.94. The van der Waals surface area contributed by atoms with E-state index in [1.165, 1.54) is 12.8 Å². The third-order valence-corrected chi connectivity index (χ3v) is 2.44. The highest BCUT2D eigenvalue weighted by Crippen LogP contribution is 1.92. The van der Waals surface area contributed by atoms with Gasteiger partial charge in [-0.2, -0.15) is 0 Å². The molecule has 4 nitrogen and oxygen atoms in total. The minimum atomic E-state index is -0.0367. The Kier molecular flexibility index (Phi) is 5.56. The van der Waals surface area contributed by atoms with Crippen LogP contribution in [0.3, 0.4) is 0 Å². The third kappa shape index (κ3) is 4.07. The standard InChI is InChI=1S/C10H21N3O/c1-2-3-4-5-13-10(14)9-8-11-6-7-12-9/h9,11-12H,2-8H2,1H3,(H,13,14). The van der Waals surface area contributed by atoms with Gasteiger partial charge in [-0.05, 0) is 6.42 Å². The van der Waals surface area contributed by atoms with E-state index in [1.807, 2.05) is 0 Å². The molecule has 0 radical (unpaired) electrons. The summed E-state index contributed by atoms with van der Waals surface area (Å²) in [4.78, 5) is 11.5. The Bertz CT molecular complexity index is 167. The van der Waals surface area contributed by atoms with Crippen LogP contribution in [0.4, 0.5) is 0 Å². The molecule has 1 amide bonds. The van der Waals surface area contributed by atoms with E-state index >= 15 is 0 Å². The van der Waals surface area contributed by atoms with Gasteiger partial charge >= 0.3 is 0 Å². The molecule has 0 spiro atoms. The van der Waals surface area contributed by atoms with Gasteiger partial charge in [0.15, 0.2) is 0 Å². The molecule has 0 aliphatic carbocycles. The van der Waals surface area contributed by atoms with Gasteiger partial charge in [0.2, 0.25) is 5.91 Å². The molecule has 4 heteroatoms. The molecule has 1 atom stereocenters. The van der Waals surface area contributed by atoms with Crippen LogP contribution < -0.4 is 16.0 Å². The summed E-state index contributed by atoms with van der Waals surface area (Å²) < 4.78 is 0. The molecule has 1 aliphatic rings. The number of amides is 1. The van der Waals surface area contributed by atoms with Crippen molar-refractivity contribution < 1.29 is 4.79 Å². The normalized spacial score (nSPS) is 21.9. The molecule has 3 N–H and O–H groups in total. The highest BCUT2D eigenvalue weighted by Gasteiger charge is 2.19. The van der Waals surface area contributed by atoms with Crippen molar-refractivity contribution in [1.29, 1.82) is 0 Å². The quantitative estimate of drug-likeness (QED) is 0.540. The molecule has 0 bridgehead atoms. The number of carbonyl (C=O) groups excluding carboxylic acids is 1. The van der Waals surface area contributed by atoms with Crippen molar-refractivity contribution in [2.45, 2.75) is 32.2 Å². The molecule has 0 aromatic heterocycles. The maximum Gasteiger partial charge on any atom is 0.238 e. The van der Waals surface area contributed by atoms with Gasteiger partial charge < -0.3 is 16.0 Å². The van der Waals surface area contributed by atoms with Crippen LogP contribution in [0, 0.1) is 0 Å². The van der Waals surface area contributed by atoms with Crippen LogP contribution in [-0.4, -0.2) is 38.1 Å². The smallest absolute Gasteiger partial charge is 0.238 e. The van der Waals surface area contributed by atoms with E-state index in [4.69, 9.17) is 0 Å². The zero-order valence-electron chi connectivity index (χ0n) is 8.94. The lowest BCUT2D eigenvalue weighted by Crippen LogP contribution is -2.55. The lowest BCUT2D eigenvalue weighted by molar-refractivity contribution is -0.123. The van der Waals surface area contributed by atoms with Gasteiger partial charge in [-0.15, -0.1) is 0 Å². The first-order chi connectivity index (χ1) is 6.84. The van der Waals surface area contributed by atoms with Crippen LogP contribution in [0.25, 0.3) is 0 Å². The largest absolute Gasteiger partial charge is 0.355 e. The second-order valence-corrected chi connectivity index (χ2v) is 3.71. The summed E-state index contributed by atoms with van der Waals surface area (Å²) in [6.07, 6.45) is 3.47. The minimum Gasteiger partial charge on any atom is -0.355 e. The van der Waals surface area contributed by atoms with E-state index in [0.717, 1.165) is 32.6 Å². The molecule has 0 aromatic rings. The van der Waals surface area contributed by atoms with Crippen LogP contribution in [0.5, 0.6) is 0 Å². The van der Waals surface area contributed by atoms with Crippen molar-refractivity contribution in [2.75, 3.05) is 26.2 Å². The van der Waals surface area contributed by atoms with Gasteiger partial charge in [-0.25, -0.2) is 0 Å². The van der Waals surface area contributed by atoms with Gasteiger partial charge in [0.25, 0.3) is 0 Å². The highest BCUT2D eigenvalue weighted by atomic mass is 16.2. The molecule has 0 aromatic carbocycles. The number of nitrogens with one attached hydrogen (secondary N) is 3. The van der Waals surface area contributed by atoms with E-state index < -0.39 is 0 Å². The first kappa shape index (κ1) is 11.5. The summed E-state index contributed by atoms with van der Waals surface area (Å²) in [5.74, 6) is 0.133. The molecular formula is C10H21N3O. The molecule has 1 heterocycles. The summed E-state index contributed by atoms with van der Waals surface area (Å²) in [7, 11) is 0. The van der Waals surface area contributed by atoms with E-state index in [9.17, 15) is 4.79 Å². The molecule has 0 saturated carbocycles. The second kappa shape index (κ2) is 6.79. The van der Waals surface area contributed by atoms with Crippen molar-refractivity contribution in [3.8, 4) is 0 Å². The molecule has 1 fully saturated rings. The van der Waals surface area contributed by atoms with Gasteiger partial charge in [0.05, 0.1) is 6.04 Å². The van der Waals surface area contributed by atoms with E-state index in [0.29, 0.717) is 0 Å². The van der Waals surface area contributed by atoms with Gasteiger partial charge in [0, 0.05) is 26.2 Å². The molecular weight excluding hydrogens is 178 g/mol. The summed E-state index contributed by atoms with van der Waals surface area (Å²) >= 11 is 0. The zero-order chi connectivity index (χ0) is 10.2. The van der Waals surface area contributed by atoms with Crippen LogP contribution in [0.1, 0.15) is 26.2 Å². The highest BCUT2D eigenvalue weighted by molar-refractivity contribution is 5.82. The lowest BCUT2D eigenvalue weighted by Gasteiger charge is -2.23. The van der Waals surface area contributed by atoms with Crippen molar-refractivity contribution in [3.63, 3.8) is 0 Å². The Labute approximate surface area is 85.8 Å². The predicted molar refractivity (Wildman–Crippen MR) is 57.2 cm³/mol. The molecule has 1 unspecified atom stereocenters. The Morgan fingerprint density at radius 2 is 2.29 bits per heavy atom. The second-order valence-electron chi connectivity index (χ2n) is 3.71. The van der Waals surface area contributed by atoms with E-state index in [-0.39, 0.29) is 11.9 Å². The summed E-state index contributed by atoms with van der Waals surface area (Å²) in [6.45, 7) is 5.56. The Hall–Kier alpha value is -0.610. The van der Waals surface area contributed by atoms with Gasteiger partial charge in [-0.3, -0.25) is 4.79 Å². The monoisotopic (exact) mass is 199 g/mol. The first-order valence-corrected chi connectivity index (χ1v) is 5.56. The number of hydrogen-bond donors (Lipinski definition) is 3. The van der Waals surface area contributed by atoms with Gasteiger partial charge in [-0.1, -0.05) is 19.8 Å². The first-order valence-electron chi connectivity index (χ1n) is 5.56. The van der Waals surface area contributed by atoms with Crippen molar-refractivity contribution >= 4 is 5.91 Å². The number of piperazine rings is 1. The third-order valence-electron chi connectivity index (χ3n) is 2.44. The molecule has 82 valence electrons. The SMILES string of the molecule is CCCCCNC(=O)C1CNCCN1. The Morgan fingerprint density at radius 1 is 1.43 bits per heavy atom. The van der Waals surface area contributed by atoms with Crippen molar-refractivity contribution in [1.82, 2.24) is 16.0 Å². The number of hydrogen-bond acceptors (Lipinski definition) is 3. The topological polar surface area (TPSA) is 53.2 Å².